The predicted octanol–water partition coefficient (Wildman–Crippen LogP) is 7.81. The minimum Gasteiger partial charge on any atom is -0.496 e. The summed E-state index contributed by atoms with van der Waals surface area (Å²) in [6.07, 6.45) is 8.35. The smallest absolute Gasteiger partial charge is 0.259 e. The normalized spacial score (nSPS) is 13.7. The number of nitrogens with zero attached hydrogens (tertiary/aromatic N) is 1. The molecule has 0 spiro atoms. The maximum atomic E-state index is 13.7. The fourth-order valence-electron chi connectivity index (χ4n) is 4.40. The van der Waals surface area contributed by atoms with Crippen molar-refractivity contribution in [1.82, 2.24) is 0 Å². The molecule has 184 valence electrons. The Morgan fingerprint density at radius 3 is 2.51 bits per heavy atom. The van der Waals surface area contributed by atoms with E-state index in [1.165, 1.54) is 17.7 Å². The Hall–Kier alpha value is -2.64. The van der Waals surface area contributed by atoms with Gasteiger partial charge in [-0.3, -0.25) is 4.79 Å². The van der Waals surface area contributed by atoms with Gasteiger partial charge in [0.2, 0.25) is 0 Å². The summed E-state index contributed by atoms with van der Waals surface area (Å²) >= 11 is 5.18. The van der Waals surface area contributed by atoms with Crippen LogP contribution in [-0.4, -0.2) is 26.3 Å². The highest BCUT2D eigenvalue weighted by molar-refractivity contribution is 9.10. The van der Waals surface area contributed by atoms with E-state index in [-0.39, 0.29) is 5.91 Å². The number of halogens is 1. The van der Waals surface area contributed by atoms with Crippen LogP contribution in [0.5, 0.6) is 11.5 Å². The first-order chi connectivity index (χ1) is 16.9. The van der Waals surface area contributed by atoms with E-state index in [2.05, 4.69) is 27.3 Å². The number of ether oxygens (including phenoxy) is 2. The van der Waals surface area contributed by atoms with E-state index in [0.717, 1.165) is 63.1 Å². The van der Waals surface area contributed by atoms with E-state index < -0.39 is 0 Å². The van der Waals surface area contributed by atoms with Crippen LogP contribution in [0.3, 0.4) is 0 Å². The highest BCUT2D eigenvalue weighted by Gasteiger charge is 2.24. The predicted molar refractivity (Wildman–Crippen MR) is 149 cm³/mol. The summed E-state index contributed by atoms with van der Waals surface area (Å²) in [7, 11) is 3.25. The van der Waals surface area contributed by atoms with Crippen molar-refractivity contribution in [2.75, 3.05) is 19.5 Å². The second-order valence-electron chi connectivity index (χ2n) is 8.86. The van der Waals surface area contributed by atoms with Crippen LogP contribution in [0, 0.1) is 13.8 Å². The van der Waals surface area contributed by atoms with E-state index in [9.17, 15) is 4.79 Å². The number of anilines is 1. The van der Waals surface area contributed by atoms with E-state index in [1.54, 1.807) is 31.8 Å². The molecule has 1 N–H and O–H groups in total. The van der Waals surface area contributed by atoms with Gasteiger partial charge in [-0.05, 0) is 84.3 Å². The van der Waals surface area contributed by atoms with Crippen LogP contribution in [0.15, 0.2) is 39.8 Å². The molecule has 1 aliphatic rings. The largest absolute Gasteiger partial charge is 0.496 e. The molecule has 1 aliphatic carbocycles. The van der Waals surface area contributed by atoms with Crippen LogP contribution in [0.4, 0.5) is 10.7 Å². The Labute approximate surface area is 219 Å². The Morgan fingerprint density at radius 1 is 1.03 bits per heavy atom. The van der Waals surface area contributed by atoms with Gasteiger partial charge in [-0.25, -0.2) is 4.99 Å². The number of rotatable bonds is 6. The van der Waals surface area contributed by atoms with E-state index in [4.69, 9.17) is 14.5 Å². The molecule has 0 unspecified atom stereocenters. The molecular formula is C28H31BrN2O3S. The summed E-state index contributed by atoms with van der Waals surface area (Å²) in [4.78, 5) is 19.8. The van der Waals surface area contributed by atoms with Crippen LogP contribution in [0.25, 0.3) is 0 Å². The minimum absolute atomic E-state index is 0.0909. The van der Waals surface area contributed by atoms with Gasteiger partial charge in [0.15, 0.2) is 0 Å². The number of hydrogen-bond donors (Lipinski definition) is 1. The number of methoxy groups -OCH3 is 2. The van der Waals surface area contributed by atoms with Gasteiger partial charge in [0.1, 0.15) is 16.5 Å². The molecule has 0 atom stereocenters. The number of carbonyl (C=O) groups excluding carboxylic acids is 1. The molecule has 1 heterocycles. The summed E-state index contributed by atoms with van der Waals surface area (Å²) in [5.41, 5.74) is 5.67. The lowest BCUT2D eigenvalue weighted by Crippen LogP contribution is -2.15. The second kappa shape index (κ2) is 11.4. The fourth-order valence-corrected chi connectivity index (χ4v) is 6.15. The molecule has 1 amide bonds. The van der Waals surface area contributed by atoms with Crippen LogP contribution < -0.4 is 14.8 Å². The Kier molecular flexibility index (Phi) is 8.29. The molecule has 2 aromatic carbocycles. The highest BCUT2D eigenvalue weighted by atomic mass is 79.9. The Balaban J connectivity index is 1.76. The third-order valence-electron chi connectivity index (χ3n) is 6.35. The number of amides is 1. The number of fused-ring (bicyclic) bond motifs is 1. The van der Waals surface area contributed by atoms with Crippen molar-refractivity contribution < 1.29 is 14.3 Å². The second-order valence-corrected chi connectivity index (χ2v) is 10.8. The van der Waals surface area contributed by atoms with Crippen LogP contribution in [0.1, 0.15) is 63.2 Å². The number of thiophene rings is 1. The molecule has 7 heteroatoms. The maximum Gasteiger partial charge on any atom is 0.259 e. The molecule has 35 heavy (non-hydrogen) atoms. The summed E-state index contributed by atoms with van der Waals surface area (Å²) in [5, 5.41) is 3.91. The molecule has 4 rings (SSSR count). The van der Waals surface area contributed by atoms with E-state index in [0.29, 0.717) is 17.1 Å². The van der Waals surface area contributed by atoms with Gasteiger partial charge in [-0.1, -0.05) is 25.0 Å². The van der Waals surface area contributed by atoms with Gasteiger partial charge in [-0.2, -0.15) is 0 Å². The van der Waals surface area contributed by atoms with Crippen molar-refractivity contribution in [1.29, 1.82) is 0 Å². The zero-order chi connectivity index (χ0) is 24.9. The number of aryl methyl sites for hydroxylation is 3. The van der Waals surface area contributed by atoms with E-state index >= 15 is 0 Å². The first-order valence-electron chi connectivity index (χ1n) is 11.9. The molecule has 3 aromatic rings. The number of aliphatic imine (C=N–C) groups is 1. The Morgan fingerprint density at radius 2 is 1.77 bits per heavy atom. The summed E-state index contributed by atoms with van der Waals surface area (Å²) in [6, 6.07) is 9.86. The number of benzene rings is 2. The van der Waals surface area contributed by atoms with Gasteiger partial charge in [0.25, 0.3) is 5.91 Å². The molecule has 5 nitrogen and oxygen atoms in total. The average molecular weight is 556 g/mol. The van der Waals surface area contributed by atoms with Crippen molar-refractivity contribution in [3.63, 3.8) is 0 Å². The summed E-state index contributed by atoms with van der Waals surface area (Å²) in [6.45, 7) is 4.05. The molecule has 0 fully saturated rings. The molecule has 0 radical (unpaired) electrons. The summed E-state index contributed by atoms with van der Waals surface area (Å²) in [5.74, 6) is 1.25. The average Bonchev–Trinajstić information content (AvgIpc) is 3.16. The van der Waals surface area contributed by atoms with Gasteiger partial charge in [0, 0.05) is 28.4 Å². The Bertz CT molecular complexity index is 1270. The zero-order valence-electron chi connectivity index (χ0n) is 20.7. The monoisotopic (exact) mass is 554 g/mol. The third-order valence-corrected chi connectivity index (χ3v) is 8.17. The van der Waals surface area contributed by atoms with Crippen LogP contribution >= 0.6 is 27.3 Å². The van der Waals surface area contributed by atoms with Crippen molar-refractivity contribution >= 4 is 50.1 Å². The number of nitrogens with one attached hydrogen (secondary N) is 1. The topological polar surface area (TPSA) is 59.9 Å². The molecule has 0 saturated carbocycles. The van der Waals surface area contributed by atoms with Crippen molar-refractivity contribution in [3.05, 3.63) is 67.5 Å². The lowest BCUT2D eigenvalue weighted by Gasteiger charge is -2.13. The molecule has 1 aromatic heterocycles. The number of hydrogen-bond acceptors (Lipinski definition) is 5. The van der Waals surface area contributed by atoms with E-state index in [1.807, 2.05) is 38.1 Å². The van der Waals surface area contributed by atoms with Gasteiger partial charge < -0.3 is 14.8 Å². The SMILES string of the molecule is COc1cc(OC)c(C=Nc2sc3c(c2C(=O)Nc2cc(C)ccc2C)CCCCCC3)cc1Br. The van der Waals surface area contributed by atoms with Gasteiger partial charge in [-0.15, -0.1) is 11.3 Å². The molecule has 0 saturated heterocycles. The van der Waals surface area contributed by atoms with Gasteiger partial charge in [0.05, 0.1) is 24.3 Å². The van der Waals surface area contributed by atoms with Gasteiger partial charge >= 0.3 is 0 Å². The standard InChI is InChI=1S/C28H31BrN2O3S/c1-17-11-12-18(2)22(13-17)31-27(32)26-20-9-7-5-6-8-10-25(20)35-28(26)30-16-19-14-21(29)24(34-4)15-23(19)33-3/h11-16H,5-10H2,1-4H3,(H,31,32). The molecular weight excluding hydrogens is 524 g/mol. The molecule has 0 bridgehead atoms. The first kappa shape index (κ1) is 25.5. The van der Waals surface area contributed by atoms with Crippen molar-refractivity contribution in [2.45, 2.75) is 52.4 Å². The zero-order valence-corrected chi connectivity index (χ0v) is 23.1. The highest BCUT2D eigenvalue weighted by Crippen LogP contribution is 2.40. The van der Waals surface area contributed by atoms with Crippen LogP contribution in [0.2, 0.25) is 0 Å². The third kappa shape index (κ3) is 5.78. The maximum absolute atomic E-state index is 13.7. The fraction of sp³-hybridized carbons (Fsp3) is 0.357. The van der Waals surface area contributed by atoms with Crippen molar-refractivity contribution in [3.8, 4) is 11.5 Å². The lowest BCUT2D eigenvalue weighted by atomic mass is 9.96. The summed E-state index contributed by atoms with van der Waals surface area (Å²) < 4.78 is 11.8. The molecule has 0 aliphatic heterocycles. The van der Waals surface area contributed by atoms with Crippen molar-refractivity contribution in [2.24, 2.45) is 4.99 Å². The number of carbonyl (C=O) groups is 1. The minimum atomic E-state index is -0.0909. The quantitative estimate of drug-likeness (QED) is 0.316. The first-order valence-corrected chi connectivity index (χ1v) is 13.5. The van der Waals surface area contributed by atoms with Crippen LogP contribution in [-0.2, 0) is 12.8 Å². The lowest BCUT2D eigenvalue weighted by molar-refractivity contribution is 0.102.